The molecule has 0 unspecified atom stereocenters. The number of hydrogen-bond donors (Lipinski definition) is 2. The van der Waals surface area contributed by atoms with Gasteiger partial charge in [0.25, 0.3) is 0 Å². The van der Waals surface area contributed by atoms with Crippen LogP contribution >= 0.6 is 31.9 Å². The van der Waals surface area contributed by atoms with Gasteiger partial charge in [0.05, 0.1) is 23.1 Å². The maximum atomic E-state index is 9.05. The summed E-state index contributed by atoms with van der Waals surface area (Å²) in [6, 6.07) is 9.35. The quantitative estimate of drug-likeness (QED) is 0.846. The van der Waals surface area contributed by atoms with Crippen LogP contribution < -0.4 is 11.1 Å². The number of nitrogens with one attached hydrogen (secondary N) is 1. The molecule has 2 rings (SSSR count). The predicted molar refractivity (Wildman–Crippen MR) is 78.5 cm³/mol. The molecule has 0 saturated heterocycles. The van der Waals surface area contributed by atoms with Crippen molar-refractivity contribution >= 4 is 49.1 Å². The van der Waals surface area contributed by atoms with Crippen molar-refractivity contribution in [3.05, 3.63) is 45.0 Å². The van der Waals surface area contributed by atoms with Crippen molar-refractivity contribution in [1.82, 2.24) is 4.98 Å². The third kappa shape index (κ3) is 2.63. The average molecular weight is 368 g/mol. The van der Waals surface area contributed by atoms with Crippen LogP contribution in [0.4, 0.5) is 17.2 Å². The molecular weight excluding hydrogens is 360 g/mol. The molecule has 0 atom stereocenters. The molecule has 0 bridgehead atoms. The largest absolute Gasteiger partial charge is 0.397 e. The molecule has 3 N–H and O–H groups in total. The van der Waals surface area contributed by atoms with E-state index >= 15 is 0 Å². The lowest BCUT2D eigenvalue weighted by molar-refractivity contribution is 1.28. The summed E-state index contributed by atoms with van der Waals surface area (Å²) < 4.78 is 1.75. The fourth-order valence-electron chi connectivity index (χ4n) is 1.40. The van der Waals surface area contributed by atoms with E-state index in [1.54, 1.807) is 6.07 Å². The second kappa shape index (κ2) is 5.38. The van der Waals surface area contributed by atoms with Gasteiger partial charge in [0.2, 0.25) is 0 Å². The number of halogens is 2. The van der Waals surface area contributed by atoms with E-state index in [0.29, 0.717) is 17.1 Å². The van der Waals surface area contributed by atoms with Gasteiger partial charge in [-0.3, -0.25) is 0 Å². The minimum Gasteiger partial charge on any atom is -0.397 e. The predicted octanol–water partition coefficient (Wildman–Crippen LogP) is 3.80. The molecule has 6 heteroatoms. The van der Waals surface area contributed by atoms with Crippen LogP contribution in [-0.4, -0.2) is 4.98 Å². The molecule has 0 radical (unpaired) electrons. The number of nitrogens with two attached hydrogens (primary N) is 1. The van der Waals surface area contributed by atoms with Gasteiger partial charge in [0, 0.05) is 8.95 Å². The highest BCUT2D eigenvalue weighted by Crippen LogP contribution is 2.33. The van der Waals surface area contributed by atoms with E-state index in [-0.39, 0.29) is 0 Å². The Hall–Kier alpha value is -1.58. The SMILES string of the molecule is N#Cc1cc(N)cnc1Nc1c(Br)cccc1Br. The molecule has 2 aromatic rings. The van der Waals surface area contributed by atoms with Gasteiger partial charge in [0.15, 0.2) is 0 Å². The van der Waals surface area contributed by atoms with Crippen LogP contribution in [0.1, 0.15) is 5.56 Å². The lowest BCUT2D eigenvalue weighted by Crippen LogP contribution is -2.00. The minimum absolute atomic E-state index is 0.401. The number of para-hydroxylation sites is 1. The first-order valence-corrected chi connectivity index (χ1v) is 6.57. The molecule has 0 aliphatic carbocycles. The Morgan fingerprint density at radius 3 is 2.56 bits per heavy atom. The first kappa shape index (κ1) is 12.9. The number of hydrogen-bond acceptors (Lipinski definition) is 4. The van der Waals surface area contributed by atoms with Crippen molar-refractivity contribution in [3.63, 3.8) is 0 Å². The molecule has 1 aromatic carbocycles. The van der Waals surface area contributed by atoms with Gasteiger partial charge in [-0.05, 0) is 50.1 Å². The van der Waals surface area contributed by atoms with Crippen molar-refractivity contribution in [2.24, 2.45) is 0 Å². The average Bonchev–Trinajstić information content (AvgIpc) is 2.35. The van der Waals surface area contributed by atoms with Crippen molar-refractivity contribution in [2.75, 3.05) is 11.1 Å². The summed E-state index contributed by atoms with van der Waals surface area (Å²) >= 11 is 6.88. The zero-order valence-corrected chi connectivity index (χ0v) is 12.3. The van der Waals surface area contributed by atoms with Gasteiger partial charge in [-0.15, -0.1) is 0 Å². The van der Waals surface area contributed by atoms with Crippen LogP contribution in [0.2, 0.25) is 0 Å². The number of nitrogens with zero attached hydrogens (tertiary/aromatic N) is 2. The van der Waals surface area contributed by atoms with Crippen LogP contribution in [0.3, 0.4) is 0 Å². The normalized spacial score (nSPS) is 9.83. The fraction of sp³-hybridized carbons (Fsp3) is 0. The van der Waals surface area contributed by atoms with E-state index < -0.39 is 0 Å². The molecular formula is C12H8Br2N4. The highest BCUT2D eigenvalue weighted by Gasteiger charge is 2.09. The van der Waals surface area contributed by atoms with E-state index in [2.05, 4.69) is 48.2 Å². The topological polar surface area (TPSA) is 74.7 Å². The minimum atomic E-state index is 0.401. The highest BCUT2D eigenvalue weighted by molar-refractivity contribution is 9.11. The molecule has 1 aromatic heterocycles. The van der Waals surface area contributed by atoms with Gasteiger partial charge in [0.1, 0.15) is 11.9 Å². The molecule has 4 nitrogen and oxygen atoms in total. The van der Waals surface area contributed by atoms with Crippen molar-refractivity contribution in [1.29, 1.82) is 5.26 Å². The summed E-state index contributed by atoms with van der Waals surface area (Å²) in [4.78, 5) is 4.13. The number of nitriles is 1. The van der Waals surface area contributed by atoms with E-state index in [4.69, 9.17) is 11.0 Å². The molecule has 0 fully saturated rings. The third-order valence-electron chi connectivity index (χ3n) is 2.24. The molecule has 0 saturated carbocycles. The van der Waals surface area contributed by atoms with Crippen molar-refractivity contribution in [2.45, 2.75) is 0 Å². The molecule has 1 heterocycles. The van der Waals surface area contributed by atoms with Crippen molar-refractivity contribution < 1.29 is 0 Å². The number of pyridine rings is 1. The van der Waals surface area contributed by atoms with Crippen LogP contribution in [-0.2, 0) is 0 Å². The number of nitrogen functional groups attached to an aromatic ring is 1. The Kier molecular flexibility index (Phi) is 3.84. The summed E-state index contributed by atoms with van der Waals surface area (Å²) in [6.07, 6.45) is 1.51. The summed E-state index contributed by atoms with van der Waals surface area (Å²) in [7, 11) is 0. The van der Waals surface area contributed by atoms with E-state index in [9.17, 15) is 0 Å². The van der Waals surface area contributed by atoms with E-state index in [1.807, 2.05) is 18.2 Å². The van der Waals surface area contributed by atoms with Crippen LogP contribution in [0.25, 0.3) is 0 Å². The molecule has 0 aliphatic heterocycles. The maximum absolute atomic E-state index is 9.05. The number of aromatic nitrogens is 1. The molecule has 0 aliphatic rings. The lowest BCUT2D eigenvalue weighted by atomic mass is 10.2. The van der Waals surface area contributed by atoms with Crippen molar-refractivity contribution in [3.8, 4) is 6.07 Å². The van der Waals surface area contributed by atoms with Gasteiger partial charge in [-0.2, -0.15) is 5.26 Å². The smallest absolute Gasteiger partial charge is 0.148 e. The van der Waals surface area contributed by atoms with E-state index in [1.165, 1.54) is 6.20 Å². The Bertz CT molecular complexity index is 614. The van der Waals surface area contributed by atoms with Gasteiger partial charge >= 0.3 is 0 Å². The first-order valence-electron chi connectivity index (χ1n) is 4.98. The van der Waals surface area contributed by atoms with Gasteiger partial charge < -0.3 is 11.1 Å². The second-order valence-electron chi connectivity index (χ2n) is 3.50. The highest BCUT2D eigenvalue weighted by atomic mass is 79.9. The molecule has 0 amide bonds. The lowest BCUT2D eigenvalue weighted by Gasteiger charge is -2.11. The molecule has 0 spiro atoms. The molecule has 18 heavy (non-hydrogen) atoms. The zero-order valence-electron chi connectivity index (χ0n) is 9.11. The summed E-state index contributed by atoms with van der Waals surface area (Å²) in [5.74, 6) is 0.472. The van der Waals surface area contributed by atoms with E-state index in [0.717, 1.165) is 14.6 Å². The summed E-state index contributed by atoms with van der Waals surface area (Å²) in [6.45, 7) is 0. The summed E-state index contributed by atoms with van der Waals surface area (Å²) in [5.41, 5.74) is 7.27. The Labute approximate surface area is 121 Å². The van der Waals surface area contributed by atoms with Crippen LogP contribution in [0.5, 0.6) is 0 Å². The fourth-order valence-corrected chi connectivity index (χ4v) is 2.60. The van der Waals surface area contributed by atoms with Gasteiger partial charge in [-0.1, -0.05) is 6.07 Å². The molecule has 90 valence electrons. The van der Waals surface area contributed by atoms with Crippen LogP contribution in [0, 0.1) is 11.3 Å². The number of benzene rings is 1. The summed E-state index contributed by atoms with van der Waals surface area (Å²) in [5, 5.41) is 12.2. The Morgan fingerprint density at radius 2 is 1.94 bits per heavy atom. The number of rotatable bonds is 2. The Morgan fingerprint density at radius 1 is 1.28 bits per heavy atom. The van der Waals surface area contributed by atoms with Gasteiger partial charge in [-0.25, -0.2) is 4.98 Å². The number of anilines is 3. The standard InChI is InChI=1S/C12H8Br2N4/c13-9-2-1-3-10(14)11(9)18-12-7(5-15)4-8(16)6-17-12/h1-4,6H,16H2,(H,17,18). The maximum Gasteiger partial charge on any atom is 0.148 e. The zero-order chi connectivity index (χ0) is 13.1. The monoisotopic (exact) mass is 366 g/mol. The van der Waals surface area contributed by atoms with Crippen LogP contribution in [0.15, 0.2) is 39.4 Å². The second-order valence-corrected chi connectivity index (χ2v) is 5.21. The first-order chi connectivity index (χ1) is 8.61. The third-order valence-corrected chi connectivity index (χ3v) is 3.56. The Balaban J connectivity index is 2.44.